The van der Waals surface area contributed by atoms with Crippen LogP contribution >= 0.6 is 23.2 Å². The fourth-order valence-corrected chi connectivity index (χ4v) is 3.76. The lowest BCUT2D eigenvalue weighted by molar-refractivity contribution is -0.130. The van der Waals surface area contributed by atoms with Gasteiger partial charge in [0, 0.05) is 43.0 Å². The highest BCUT2D eigenvalue weighted by atomic mass is 35.5. The molecule has 2 aromatic rings. The lowest BCUT2D eigenvalue weighted by atomic mass is 10.0. The summed E-state index contributed by atoms with van der Waals surface area (Å²) in [7, 11) is 1.76. The number of H-pyrrole nitrogens is 1. The van der Waals surface area contributed by atoms with E-state index in [4.69, 9.17) is 23.2 Å². The van der Waals surface area contributed by atoms with E-state index in [-0.39, 0.29) is 24.5 Å². The molecule has 1 saturated heterocycles. The first-order valence-corrected chi connectivity index (χ1v) is 9.34. The largest absolute Gasteiger partial charge is 0.356 e. The molecule has 8 heteroatoms. The lowest BCUT2D eigenvalue weighted by Crippen LogP contribution is -2.52. The molecule has 3 amide bonds. The molecule has 1 atom stereocenters. The average molecular weight is 397 g/mol. The highest BCUT2D eigenvalue weighted by Crippen LogP contribution is 2.29. The third kappa shape index (κ3) is 3.91. The molecule has 1 fully saturated rings. The number of aromatic nitrogens is 1. The van der Waals surface area contributed by atoms with Gasteiger partial charge in [0.25, 0.3) is 0 Å². The summed E-state index contributed by atoms with van der Waals surface area (Å²) in [5, 5.41) is 4.90. The number of amides is 3. The number of benzene rings is 1. The Balaban J connectivity index is 1.63. The molecule has 2 N–H and O–H groups in total. The molecule has 0 unspecified atom stereocenters. The molecule has 0 saturated carbocycles. The van der Waals surface area contributed by atoms with Crippen LogP contribution < -0.4 is 5.32 Å². The Morgan fingerprint density at radius 1 is 1.38 bits per heavy atom. The van der Waals surface area contributed by atoms with Gasteiger partial charge in [-0.05, 0) is 31.0 Å². The van der Waals surface area contributed by atoms with Gasteiger partial charge in [0.1, 0.15) is 0 Å². The molecule has 1 aliphatic rings. The van der Waals surface area contributed by atoms with Crippen LogP contribution in [0.3, 0.4) is 0 Å². The van der Waals surface area contributed by atoms with Crippen molar-refractivity contribution in [3.8, 4) is 0 Å². The summed E-state index contributed by atoms with van der Waals surface area (Å²) in [5.41, 5.74) is 1.61. The summed E-state index contributed by atoms with van der Waals surface area (Å²) in [6.45, 7) is 3.18. The Morgan fingerprint density at radius 3 is 2.88 bits per heavy atom. The molecule has 3 rings (SSSR count). The number of rotatable bonds is 3. The summed E-state index contributed by atoms with van der Waals surface area (Å²) >= 11 is 12.4. The number of carbonyl (C=O) groups is 2. The van der Waals surface area contributed by atoms with Gasteiger partial charge in [-0.2, -0.15) is 0 Å². The smallest absolute Gasteiger partial charge is 0.317 e. The van der Waals surface area contributed by atoms with Crippen LogP contribution in [0.25, 0.3) is 10.9 Å². The van der Waals surface area contributed by atoms with Crippen LogP contribution in [0.4, 0.5) is 4.79 Å². The second kappa shape index (κ2) is 7.76. The number of halogens is 2. The highest BCUT2D eigenvalue weighted by molar-refractivity contribution is 6.37. The predicted molar refractivity (Wildman–Crippen MR) is 104 cm³/mol. The van der Waals surface area contributed by atoms with Crippen molar-refractivity contribution < 1.29 is 9.59 Å². The topological polar surface area (TPSA) is 68.4 Å². The van der Waals surface area contributed by atoms with Crippen molar-refractivity contribution in [2.45, 2.75) is 32.4 Å². The number of likely N-dealkylation sites (N-methyl/N-ethyl adjacent to an activating group) is 1. The van der Waals surface area contributed by atoms with Gasteiger partial charge in [-0.3, -0.25) is 4.79 Å². The molecule has 2 heterocycles. The molecule has 1 aromatic heterocycles. The number of nitrogens with one attached hydrogen (secondary N) is 2. The van der Waals surface area contributed by atoms with Gasteiger partial charge in [-0.1, -0.05) is 23.2 Å². The Bertz CT molecular complexity index is 836. The van der Waals surface area contributed by atoms with Crippen molar-refractivity contribution in [1.29, 1.82) is 0 Å². The van der Waals surface area contributed by atoms with Gasteiger partial charge in [0.2, 0.25) is 5.91 Å². The van der Waals surface area contributed by atoms with Crippen LogP contribution in [0.2, 0.25) is 10.0 Å². The van der Waals surface area contributed by atoms with Gasteiger partial charge in [0.15, 0.2) is 0 Å². The van der Waals surface area contributed by atoms with Gasteiger partial charge in [0.05, 0.1) is 23.3 Å². The number of fused-ring (bicyclic) bond motifs is 1. The van der Waals surface area contributed by atoms with E-state index in [1.165, 1.54) is 0 Å². The quantitative estimate of drug-likeness (QED) is 0.831. The Morgan fingerprint density at radius 2 is 2.15 bits per heavy atom. The molecule has 6 nitrogen and oxygen atoms in total. The Hall–Kier alpha value is -1.92. The maximum Gasteiger partial charge on any atom is 0.317 e. The molecule has 1 aliphatic heterocycles. The van der Waals surface area contributed by atoms with Crippen molar-refractivity contribution >= 4 is 46.0 Å². The summed E-state index contributed by atoms with van der Waals surface area (Å²) < 4.78 is 0. The van der Waals surface area contributed by atoms with Gasteiger partial charge < -0.3 is 20.1 Å². The van der Waals surface area contributed by atoms with Gasteiger partial charge in [-0.25, -0.2) is 4.79 Å². The maximum absolute atomic E-state index is 12.5. The molecule has 140 valence electrons. The first-order chi connectivity index (χ1) is 12.4. The van der Waals surface area contributed by atoms with Crippen LogP contribution in [0, 0.1) is 0 Å². The lowest BCUT2D eigenvalue weighted by Gasteiger charge is -2.37. The summed E-state index contributed by atoms with van der Waals surface area (Å²) in [6.07, 6.45) is 1.79. The van der Waals surface area contributed by atoms with E-state index < -0.39 is 0 Å². The van der Waals surface area contributed by atoms with Crippen molar-refractivity contribution in [3.05, 3.63) is 33.9 Å². The van der Waals surface area contributed by atoms with E-state index >= 15 is 0 Å². The molecule has 0 aliphatic carbocycles. The minimum atomic E-state index is -0.187. The van der Waals surface area contributed by atoms with E-state index in [0.717, 1.165) is 36.0 Å². The number of piperidine rings is 1. The first-order valence-electron chi connectivity index (χ1n) is 8.58. The number of urea groups is 1. The number of likely N-dealkylation sites (tertiary alicyclic amines) is 1. The molecule has 0 bridgehead atoms. The molecule has 26 heavy (non-hydrogen) atoms. The minimum Gasteiger partial charge on any atom is -0.356 e. The third-order valence-electron chi connectivity index (χ3n) is 4.89. The van der Waals surface area contributed by atoms with E-state index in [9.17, 15) is 9.59 Å². The normalized spacial score (nSPS) is 17.4. The van der Waals surface area contributed by atoms with Crippen LogP contribution in [-0.4, -0.2) is 52.9 Å². The van der Waals surface area contributed by atoms with Crippen molar-refractivity contribution in [1.82, 2.24) is 20.1 Å². The number of carbonyl (C=O) groups excluding carboxylic acids is 2. The third-order valence-corrected chi connectivity index (χ3v) is 5.56. The Labute approximate surface area is 162 Å². The second-order valence-corrected chi connectivity index (χ2v) is 7.45. The fraction of sp³-hybridized carbons (Fsp3) is 0.444. The van der Waals surface area contributed by atoms with Crippen molar-refractivity contribution in [2.24, 2.45) is 0 Å². The molecule has 1 aromatic carbocycles. The molecule has 0 spiro atoms. The maximum atomic E-state index is 12.5. The van der Waals surface area contributed by atoms with Gasteiger partial charge >= 0.3 is 6.03 Å². The SMILES string of the molecule is CC(=O)N1CCC[C@@H](N(C)C(=O)NCc2[nH]c3ccc(Cl)cc3c2Cl)C1. The molecular formula is C18H22Cl2N4O2. The summed E-state index contributed by atoms with van der Waals surface area (Å²) in [5.74, 6) is 0.0482. The molecule has 0 radical (unpaired) electrons. The first kappa shape index (κ1) is 18.9. The predicted octanol–water partition coefficient (Wildman–Crippen LogP) is 3.63. The zero-order chi connectivity index (χ0) is 18.8. The van der Waals surface area contributed by atoms with Crippen molar-refractivity contribution in [2.75, 3.05) is 20.1 Å². The van der Waals surface area contributed by atoms with Crippen LogP contribution in [0.1, 0.15) is 25.5 Å². The monoisotopic (exact) mass is 396 g/mol. The Kier molecular flexibility index (Phi) is 5.63. The summed E-state index contributed by atoms with van der Waals surface area (Å²) in [6, 6.07) is 5.28. The van der Waals surface area contributed by atoms with E-state index in [2.05, 4.69) is 10.3 Å². The molecular weight excluding hydrogens is 375 g/mol. The summed E-state index contributed by atoms with van der Waals surface area (Å²) in [4.78, 5) is 30.7. The number of hydrogen-bond acceptors (Lipinski definition) is 2. The minimum absolute atomic E-state index is 0.0182. The van der Waals surface area contributed by atoms with Crippen molar-refractivity contribution in [3.63, 3.8) is 0 Å². The standard InChI is InChI=1S/C18H22Cl2N4O2/c1-11(25)24-7-3-4-13(10-24)23(2)18(26)21-9-16-17(20)14-8-12(19)5-6-15(14)22-16/h5-6,8,13,22H,3-4,7,9-10H2,1-2H3,(H,21,26)/t13-/m1/s1. The van der Waals surface area contributed by atoms with Gasteiger partial charge in [-0.15, -0.1) is 0 Å². The van der Waals surface area contributed by atoms with Crippen LogP contribution in [0.15, 0.2) is 18.2 Å². The van der Waals surface area contributed by atoms with E-state index in [1.807, 2.05) is 6.07 Å². The highest BCUT2D eigenvalue weighted by Gasteiger charge is 2.27. The zero-order valence-electron chi connectivity index (χ0n) is 14.8. The number of nitrogens with zero attached hydrogens (tertiary/aromatic N) is 2. The van der Waals surface area contributed by atoms with E-state index in [0.29, 0.717) is 16.6 Å². The van der Waals surface area contributed by atoms with Crippen LogP contribution in [0.5, 0.6) is 0 Å². The van der Waals surface area contributed by atoms with E-state index in [1.54, 1.807) is 35.9 Å². The zero-order valence-corrected chi connectivity index (χ0v) is 16.3. The number of hydrogen-bond donors (Lipinski definition) is 2. The average Bonchev–Trinajstić information content (AvgIpc) is 2.94. The number of aromatic amines is 1. The second-order valence-electron chi connectivity index (χ2n) is 6.64. The fourth-order valence-electron chi connectivity index (χ4n) is 3.32. The van der Waals surface area contributed by atoms with Crippen LogP contribution in [-0.2, 0) is 11.3 Å².